The molecule has 0 saturated carbocycles. The van der Waals surface area contributed by atoms with Crippen molar-refractivity contribution >= 4 is 0 Å². The Morgan fingerprint density at radius 2 is 1.89 bits per heavy atom. The first-order valence-electron chi connectivity index (χ1n) is 7.73. The highest BCUT2D eigenvalue weighted by molar-refractivity contribution is 4.77. The summed E-state index contributed by atoms with van der Waals surface area (Å²) >= 11 is 0. The minimum absolute atomic E-state index is 0.745. The summed E-state index contributed by atoms with van der Waals surface area (Å²) in [5.74, 6) is 0.918. The molecular formula is C15H33N3. The zero-order chi connectivity index (χ0) is 13.4. The van der Waals surface area contributed by atoms with Crippen LogP contribution in [0.4, 0.5) is 0 Å². The molecule has 18 heavy (non-hydrogen) atoms. The number of nitrogens with zero attached hydrogens (tertiary/aromatic N) is 2. The Morgan fingerprint density at radius 1 is 1.22 bits per heavy atom. The topological polar surface area (TPSA) is 18.5 Å². The van der Waals surface area contributed by atoms with E-state index in [9.17, 15) is 0 Å². The van der Waals surface area contributed by atoms with Crippen molar-refractivity contribution in [1.29, 1.82) is 0 Å². The van der Waals surface area contributed by atoms with Crippen molar-refractivity contribution in [2.45, 2.75) is 45.6 Å². The molecule has 3 nitrogen and oxygen atoms in total. The van der Waals surface area contributed by atoms with Crippen LogP contribution >= 0.6 is 0 Å². The van der Waals surface area contributed by atoms with Crippen LogP contribution in [0, 0.1) is 5.92 Å². The van der Waals surface area contributed by atoms with Gasteiger partial charge in [-0.15, -0.1) is 0 Å². The highest BCUT2D eigenvalue weighted by atomic mass is 15.2. The zero-order valence-electron chi connectivity index (χ0n) is 12.9. The van der Waals surface area contributed by atoms with Crippen molar-refractivity contribution in [2.24, 2.45) is 5.92 Å². The normalized spacial score (nSPS) is 20.5. The molecule has 1 heterocycles. The van der Waals surface area contributed by atoms with Crippen LogP contribution in [-0.4, -0.2) is 62.7 Å². The van der Waals surface area contributed by atoms with Crippen LogP contribution in [0.2, 0.25) is 0 Å². The molecule has 0 aromatic carbocycles. The van der Waals surface area contributed by atoms with E-state index in [1.54, 1.807) is 0 Å². The van der Waals surface area contributed by atoms with Crippen LogP contribution in [0.5, 0.6) is 0 Å². The quantitative estimate of drug-likeness (QED) is 0.670. The van der Waals surface area contributed by atoms with E-state index in [-0.39, 0.29) is 0 Å². The molecule has 1 aliphatic heterocycles. The van der Waals surface area contributed by atoms with Gasteiger partial charge in [0.25, 0.3) is 0 Å². The summed E-state index contributed by atoms with van der Waals surface area (Å²) in [4.78, 5) is 5.01. The number of hydrogen-bond donors (Lipinski definition) is 1. The van der Waals surface area contributed by atoms with E-state index in [0.717, 1.165) is 18.5 Å². The second-order valence-electron chi connectivity index (χ2n) is 6.13. The largest absolute Gasteiger partial charge is 0.317 e. The maximum absolute atomic E-state index is 3.51. The molecule has 0 radical (unpaired) electrons. The Morgan fingerprint density at radius 3 is 2.44 bits per heavy atom. The molecule has 3 heteroatoms. The van der Waals surface area contributed by atoms with Crippen molar-refractivity contribution in [2.75, 3.05) is 46.8 Å². The lowest BCUT2D eigenvalue weighted by molar-refractivity contribution is 0.122. The van der Waals surface area contributed by atoms with Crippen LogP contribution in [0.15, 0.2) is 0 Å². The highest BCUT2D eigenvalue weighted by Gasteiger charge is 2.22. The summed E-state index contributed by atoms with van der Waals surface area (Å²) in [6.07, 6.45) is 5.29. The Balaban J connectivity index is 2.13. The van der Waals surface area contributed by atoms with E-state index < -0.39 is 0 Å². The van der Waals surface area contributed by atoms with Gasteiger partial charge in [0.15, 0.2) is 0 Å². The van der Waals surface area contributed by atoms with Gasteiger partial charge in [0.2, 0.25) is 0 Å². The summed E-state index contributed by atoms with van der Waals surface area (Å²) in [5, 5.41) is 3.51. The van der Waals surface area contributed by atoms with Gasteiger partial charge in [-0.25, -0.2) is 0 Å². The van der Waals surface area contributed by atoms with Crippen molar-refractivity contribution in [3.63, 3.8) is 0 Å². The lowest BCUT2D eigenvalue weighted by atomic mass is 9.95. The van der Waals surface area contributed by atoms with E-state index in [1.165, 1.54) is 51.9 Å². The van der Waals surface area contributed by atoms with Crippen LogP contribution in [-0.2, 0) is 0 Å². The van der Waals surface area contributed by atoms with E-state index in [4.69, 9.17) is 0 Å². The third kappa shape index (κ3) is 6.17. The second kappa shape index (κ2) is 8.89. The molecule has 0 aromatic rings. The molecule has 1 saturated heterocycles. The van der Waals surface area contributed by atoms with Gasteiger partial charge in [-0.05, 0) is 78.8 Å². The standard InChI is InChI=1S/C15H33N3/c1-5-9-16-10-6-14(2)18-11-7-15(8-12-18)13-17(3)4/h14-16H,5-13H2,1-4H3. The maximum Gasteiger partial charge on any atom is 0.00790 e. The molecule has 0 aliphatic carbocycles. The second-order valence-corrected chi connectivity index (χ2v) is 6.13. The lowest BCUT2D eigenvalue weighted by Gasteiger charge is -2.37. The fourth-order valence-electron chi connectivity index (χ4n) is 2.89. The van der Waals surface area contributed by atoms with Crippen molar-refractivity contribution in [3.05, 3.63) is 0 Å². The molecule has 0 aromatic heterocycles. The number of likely N-dealkylation sites (tertiary alicyclic amines) is 1. The van der Waals surface area contributed by atoms with Gasteiger partial charge in [-0.1, -0.05) is 6.92 Å². The Kier molecular flexibility index (Phi) is 7.87. The predicted molar refractivity (Wildman–Crippen MR) is 80.1 cm³/mol. The van der Waals surface area contributed by atoms with Crippen LogP contribution < -0.4 is 5.32 Å². The number of nitrogens with one attached hydrogen (secondary N) is 1. The number of hydrogen-bond acceptors (Lipinski definition) is 3. The summed E-state index contributed by atoms with van der Waals surface area (Å²) in [6.45, 7) is 10.8. The molecule has 108 valence electrons. The van der Waals surface area contributed by atoms with Crippen LogP contribution in [0.1, 0.15) is 39.5 Å². The van der Waals surface area contributed by atoms with Crippen LogP contribution in [0.3, 0.4) is 0 Å². The van der Waals surface area contributed by atoms with E-state index >= 15 is 0 Å². The van der Waals surface area contributed by atoms with Gasteiger partial charge in [0.05, 0.1) is 0 Å². The predicted octanol–water partition coefficient (Wildman–Crippen LogP) is 2.04. The molecule has 1 atom stereocenters. The molecule has 1 unspecified atom stereocenters. The maximum atomic E-state index is 3.51. The third-order valence-corrected chi connectivity index (χ3v) is 4.06. The van der Waals surface area contributed by atoms with Gasteiger partial charge in [0.1, 0.15) is 0 Å². The number of rotatable bonds is 8. The summed E-state index contributed by atoms with van der Waals surface area (Å²) in [7, 11) is 4.38. The third-order valence-electron chi connectivity index (χ3n) is 4.06. The first-order chi connectivity index (χ1) is 8.63. The molecule has 1 fully saturated rings. The van der Waals surface area contributed by atoms with Gasteiger partial charge in [0, 0.05) is 12.6 Å². The fourth-order valence-corrected chi connectivity index (χ4v) is 2.89. The smallest absolute Gasteiger partial charge is 0.00790 e. The molecular weight excluding hydrogens is 222 g/mol. The highest BCUT2D eigenvalue weighted by Crippen LogP contribution is 2.20. The SMILES string of the molecule is CCCNCCC(C)N1CCC(CN(C)C)CC1. The molecule has 1 rings (SSSR count). The van der Waals surface area contributed by atoms with Crippen molar-refractivity contribution in [1.82, 2.24) is 15.1 Å². The lowest BCUT2D eigenvalue weighted by Crippen LogP contribution is -2.42. The molecule has 1 N–H and O–H groups in total. The van der Waals surface area contributed by atoms with E-state index in [2.05, 4.69) is 43.1 Å². The van der Waals surface area contributed by atoms with Gasteiger partial charge >= 0.3 is 0 Å². The van der Waals surface area contributed by atoms with Gasteiger partial charge in [-0.3, -0.25) is 0 Å². The summed E-state index contributed by atoms with van der Waals surface area (Å²) in [6, 6.07) is 0.745. The summed E-state index contributed by atoms with van der Waals surface area (Å²) in [5.41, 5.74) is 0. The van der Waals surface area contributed by atoms with Gasteiger partial charge < -0.3 is 15.1 Å². The Labute approximate surface area is 114 Å². The molecule has 1 aliphatic rings. The van der Waals surface area contributed by atoms with E-state index in [0.29, 0.717) is 0 Å². The monoisotopic (exact) mass is 255 g/mol. The molecule has 0 spiro atoms. The Bertz CT molecular complexity index is 198. The average molecular weight is 255 g/mol. The Hall–Kier alpha value is -0.120. The van der Waals surface area contributed by atoms with Crippen molar-refractivity contribution < 1.29 is 0 Å². The zero-order valence-corrected chi connectivity index (χ0v) is 12.9. The van der Waals surface area contributed by atoms with E-state index in [1.807, 2.05) is 0 Å². The van der Waals surface area contributed by atoms with Crippen molar-refractivity contribution in [3.8, 4) is 0 Å². The fraction of sp³-hybridized carbons (Fsp3) is 1.00. The first-order valence-corrected chi connectivity index (χ1v) is 7.73. The minimum atomic E-state index is 0.745. The number of piperidine rings is 1. The molecule has 0 bridgehead atoms. The van der Waals surface area contributed by atoms with Gasteiger partial charge in [-0.2, -0.15) is 0 Å². The minimum Gasteiger partial charge on any atom is -0.317 e. The molecule has 0 amide bonds. The summed E-state index contributed by atoms with van der Waals surface area (Å²) < 4.78 is 0. The average Bonchev–Trinajstić information content (AvgIpc) is 2.34. The first kappa shape index (κ1) is 15.9. The van der Waals surface area contributed by atoms with Crippen LogP contribution in [0.25, 0.3) is 0 Å².